The Hall–Kier alpha value is -4.73. The second-order valence-corrected chi connectivity index (χ2v) is 6.98. The summed E-state index contributed by atoms with van der Waals surface area (Å²) in [6, 6.07) is 21.9. The van der Waals surface area contributed by atoms with Crippen molar-refractivity contribution >= 4 is 23.2 Å². The molecule has 0 radical (unpaired) electrons. The molecule has 0 saturated heterocycles. The Kier molecular flexibility index (Phi) is 6.55. The lowest BCUT2D eigenvalue weighted by atomic mass is 9.91. The van der Waals surface area contributed by atoms with Crippen LogP contribution in [0.15, 0.2) is 89.8 Å². The highest BCUT2D eigenvalue weighted by atomic mass is 16.6. The number of carbonyl (C=O) groups is 1. The molecule has 0 aliphatic rings. The highest BCUT2D eigenvalue weighted by Gasteiger charge is 2.26. The van der Waals surface area contributed by atoms with Gasteiger partial charge in [-0.2, -0.15) is 0 Å². The van der Waals surface area contributed by atoms with Crippen LogP contribution in [-0.2, 0) is 11.3 Å². The van der Waals surface area contributed by atoms with E-state index < -0.39 is 22.4 Å². The fraction of sp³-hybridized carbons (Fsp3) is 0.0870. The lowest BCUT2D eigenvalue weighted by Crippen LogP contribution is -2.35. The molecular weight excluding hydrogens is 424 g/mol. The summed E-state index contributed by atoms with van der Waals surface area (Å²) in [4.78, 5) is 32.2. The summed E-state index contributed by atoms with van der Waals surface area (Å²) in [6.45, 7) is 0.195. The summed E-state index contributed by atoms with van der Waals surface area (Å²) in [7, 11) is 0. The predicted octanol–water partition coefficient (Wildman–Crippen LogP) is 3.87. The highest BCUT2D eigenvalue weighted by molar-refractivity contribution is 5.88. The minimum Gasteiger partial charge on any atom is -0.467 e. The van der Waals surface area contributed by atoms with E-state index in [2.05, 4.69) is 26.1 Å². The number of nitrogens with one attached hydrogen (secondary N) is 3. The number of nitro groups is 1. The normalized spacial score (nSPS) is 10.6. The van der Waals surface area contributed by atoms with Crippen LogP contribution in [-0.4, -0.2) is 20.8 Å². The van der Waals surface area contributed by atoms with Gasteiger partial charge in [0.2, 0.25) is 17.5 Å². The third kappa shape index (κ3) is 5.13. The molecule has 3 N–H and O–H groups in total. The van der Waals surface area contributed by atoms with E-state index in [-0.39, 0.29) is 18.2 Å². The first-order valence-electron chi connectivity index (χ1n) is 10.0. The Morgan fingerprint density at radius 3 is 2.15 bits per heavy atom. The van der Waals surface area contributed by atoms with Gasteiger partial charge in [-0.1, -0.05) is 60.7 Å². The number of amides is 1. The van der Waals surface area contributed by atoms with Gasteiger partial charge in [0.1, 0.15) is 12.1 Å². The monoisotopic (exact) mass is 444 g/mol. The molecule has 10 heteroatoms. The van der Waals surface area contributed by atoms with Gasteiger partial charge in [0.15, 0.2) is 0 Å². The van der Waals surface area contributed by atoms with Gasteiger partial charge in [-0.25, -0.2) is 9.97 Å². The van der Waals surface area contributed by atoms with Crippen molar-refractivity contribution in [3.8, 4) is 0 Å². The average Bonchev–Trinajstić information content (AvgIpc) is 3.36. The molecule has 0 bridgehead atoms. The van der Waals surface area contributed by atoms with E-state index in [4.69, 9.17) is 4.42 Å². The van der Waals surface area contributed by atoms with Crippen LogP contribution in [0.4, 0.5) is 17.3 Å². The lowest BCUT2D eigenvalue weighted by Gasteiger charge is -2.18. The van der Waals surface area contributed by atoms with E-state index in [9.17, 15) is 14.9 Å². The Morgan fingerprint density at radius 2 is 1.58 bits per heavy atom. The van der Waals surface area contributed by atoms with Crippen LogP contribution >= 0.6 is 0 Å². The van der Waals surface area contributed by atoms with Crippen LogP contribution in [0, 0.1) is 10.1 Å². The predicted molar refractivity (Wildman–Crippen MR) is 121 cm³/mol. The molecule has 0 atom stereocenters. The second kappa shape index (κ2) is 10.1. The maximum absolute atomic E-state index is 13.1. The largest absolute Gasteiger partial charge is 0.467 e. The van der Waals surface area contributed by atoms with Crippen molar-refractivity contribution < 1.29 is 14.1 Å². The summed E-state index contributed by atoms with van der Waals surface area (Å²) >= 11 is 0. The molecule has 4 aromatic rings. The first kappa shape index (κ1) is 21.5. The lowest BCUT2D eigenvalue weighted by molar-refractivity contribution is -0.383. The first-order chi connectivity index (χ1) is 16.1. The Labute approximate surface area is 188 Å². The van der Waals surface area contributed by atoms with Crippen LogP contribution < -0.4 is 16.2 Å². The molecule has 0 unspecified atom stereocenters. The van der Waals surface area contributed by atoms with Crippen LogP contribution in [0.1, 0.15) is 22.8 Å². The van der Waals surface area contributed by atoms with Gasteiger partial charge in [0.25, 0.3) is 0 Å². The minimum absolute atomic E-state index is 0.00850. The van der Waals surface area contributed by atoms with Gasteiger partial charge in [-0.15, -0.1) is 0 Å². The van der Waals surface area contributed by atoms with Gasteiger partial charge in [-0.3, -0.25) is 25.8 Å². The van der Waals surface area contributed by atoms with Crippen molar-refractivity contribution in [2.24, 2.45) is 0 Å². The van der Waals surface area contributed by atoms with Crippen molar-refractivity contribution in [1.29, 1.82) is 0 Å². The minimum atomic E-state index is -0.627. The molecule has 2 aromatic carbocycles. The Bertz CT molecular complexity index is 1180. The number of hydrazine groups is 1. The second-order valence-electron chi connectivity index (χ2n) is 6.98. The van der Waals surface area contributed by atoms with Gasteiger partial charge < -0.3 is 9.73 Å². The zero-order chi connectivity index (χ0) is 23.0. The number of rotatable bonds is 9. The highest BCUT2D eigenvalue weighted by Crippen LogP contribution is 2.29. The number of nitrogens with zero attached hydrogens (tertiary/aromatic N) is 3. The third-order valence-corrected chi connectivity index (χ3v) is 4.85. The first-order valence-corrected chi connectivity index (χ1v) is 10.0. The third-order valence-electron chi connectivity index (χ3n) is 4.85. The van der Waals surface area contributed by atoms with Gasteiger partial charge >= 0.3 is 5.69 Å². The van der Waals surface area contributed by atoms with E-state index in [0.29, 0.717) is 5.76 Å². The molecule has 10 nitrogen and oxygen atoms in total. The fourth-order valence-electron chi connectivity index (χ4n) is 3.34. The topological polar surface area (TPSA) is 135 Å². The quantitative estimate of drug-likeness (QED) is 0.262. The maximum Gasteiger partial charge on any atom is 0.354 e. The van der Waals surface area contributed by atoms with Crippen molar-refractivity contribution in [1.82, 2.24) is 15.4 Å². The van der Waals surface area contributed by atoms with Crippen molar-refractivity contribution in [3.63, 3.8) is 0 Å². The van der Waals surface area contributed by atoms with E-state index in [0.717, 1.165) is 17.5 Å². The molecule has 2 heterocycles. The smallest absolute Gasteiger partial charge is 0.354 e. The SMILES string of the molecule is O=C(NNc1ncnc(NCc2ccco2)c1[N+](=O)[O-])C(c1ccccc1)c1ccccc1. The maximum atomic E-state index is 13.1. The molecule has 0 aliphatic carbocycles. The number of hydrogen-bond acceptors (Lipinski definition) is 8. The van der Waals surface area contributed by atoms with Crippen LogP contribution in [0.25, 0.3) is 0 Å². The van der Waals surface area contributed by atoms with E-state index in [1.165, 1.54) is 6.26 Å². The van der Waals surface area contributed by atoms with Gasteiger partial charge in [-0.05, 0) is 23.3 Å². The van der Waals surface area contributed by atoms with Crippen LogP contribution in [0.5, 0.6) is 0 Å². The average molecular weight is 444 g/mol. The molecule has 166 valence electrons. The zero-order valence-electron chi connectivity index (χ0n) is 17.3. The molecule has 1 amide bonds. The molecule has 2 aromatic heterocycles. The Morgan fingerprint density at radius 1 is 0.939 bits per heavy atom. The molecular formula is C23H20N6O4. The number of aromatic nitrogens is 2. The van der Waals surface area contributed by atoms with Crippen molar-refractivity contribution in [2.75, 3.05) is 10.7 Å². The van der Waals surface area contributed by atoms with Crippen LogP contribution in [0.3, 0.4) is 0 Å². The number of carbonyl (C=O) groups excluding carboxylic acids is 1. The molecule has 0 fully saturated rings. The molecule has 0 aliphatic heterocycles. The fourth-order valence-corrected chi connectivity index (χ4v) is 3.34. The molecule has 0 saturated carbocycles. The van der Waals surface area contributed by atoms with E-state index >= 15 is 0 Å². The standard InChI is InChI=1S/C23H20N6O4/c30-23(19(16-8-3-1-4-9-16)17-10-5-2-6-11-17)28-27-22-20(29(31)32)21(25-15-26-22)24-14-18-12-7-13-33-18/h1-13,15,19H,14H2,(H,28,30)(H2,24,25,26,27). The Balaban J connectivity index is 1.55. The van der Waals surface area contributed by atoms with Gasteiger partial charge in [0.05, 0.1) is 23.6 Å². The summed E-state index contributed by atoms with van der Waals surface area (Å²) in [5, 5.41) is 14.6. The van der Waals surface area contributed by atoms with E-state index in [1.54, 1.807) is 12.1 Å². The van der Waals surface area contributed by atoms with Crippen molar-refractivity contribution in [3.05, 3.63) is 112 Å². The van der Waals surface area contributed by atoms with Gasteiger partial charge in [0, 0.05) is 0 Å². The summed E-state index contributed by atoms with van der Waals surface area (Å²) in [5.74, 6) is -0.599. The van der Waals surface area contributed by atoms with Crippen molar-refractivity contribution in [2.45, 2.75) is 12.5 Å². The molecule has 4 rings (SSSR count). The van der Waals surface area contributed by atoms with E-state index in [1.807, 2.05) is 60.7 Å². The number of furan rings is 1. The molecule has 33 heavy (non-hydrogen) atoms. The summed E-state index contributed by atoms with van der Waals surface area (Å²) in [5.41, 5.74) is 6.31. The zero-order valence-corrected chi connectivity index (χ0v) is 17.3. The van der Waals surface area contributed by atoms with Crippen LogP contribution in [0.2, 0.25) is 0 Å². The number of hydrogen-bond donors (Lipinski definition) is 3. The molecule has 0 spiro atoms. The summed E-state index contributed by atoms with van der Waals surface area (Å²) in [6.07, 6.45) is 2.67. The summed E-state index contributed by atoms with van der Waals surface area (Å²) < 4.78 is 5.23. The number of anilines is 2. The number of benzene rings is 2.